The number of fused-ring (bicyclic) bond motifs is 2. The van der Waals surface area contributed by atoms with Crippen molar-refractivity contribution in [2.45, 2.75) is 77.8 Å². The summed E-state index contributed by atoms with van der Waals surface area (Å²) in [5.41, 5.74) is -0.321. The number of hydrogen-bond acceptors (Lipinski definition) is 6. The molecule has 6 nitrogen and oxygen atoms in total. The fourth-order valence-electron chi connectivity index (χ4n) is 4.76. The van der Waals surface area contributed by atoms with Crippen molar-refractivity contribution >= 4 is 11.9 Å². The number of aliphatic hydroxyl groups is 2. The van der Waals surface area contributed by atoms with Crippen LogP contribution in [0, 0.1) is 11.3 Å². The predicted molar refractivity (Wildman–Crippen MR) is 93.7 cm³/mol. The molecule has 0 aromatic rings. The Bertz CT molecular complexity index is 722. The van der Waals surface area contributed by atoms with Gasteiger partial charge in [-0.15, -0.1) is 0 Å². The van der Waals surface area contributed by atoms with Crippen molar-refractivity contribution in [3.8, 4) is 0 Å². The van der Waals surface area contributed by atoms with E-state index in [1.807, 2.05) is 13.8 Å². The maximum absolute atomic E-state index is 12.1. The minimum Gasteiger partial charge on any atom is -0.459 e. The predicted octanol–water partition coefficient (Wildman–Crippen LogP) is 2.39. The SMILES string of the molecule is CC=C(C)C(=O)O[C@@H]1C[C@H](C)[C@@]2(C)CC3=C(C)C(=O)O[C@@]3(O)C[C@@]2(O)C1. The first-order chi connectivity index (χ1) is 12.0. The molecule has 2 fully saturated rings. The smallest absolute Gasteiger partial charge is 0.336 e. The minimum absolute atomic E-state index is 0.0329. The molecular weight excluding hydrogens is 336 g/mol. The van der Waals surface area contributed by atoms with E-state index in [1.54, 1.807) is 26.8 Å². The highest BCUT2D eigenvalue weighted by molar-refractivity contribution is 5.92. The Balaban J connectivity index is 1.91. The summed E-state index contributed by atoms with van der Waals surface area (Å²) in [4.78, 5) is 24.1. The third-order valence-corrected chi connectivity index (χ3v) is 6.93. The van der Waals surface area contributed by atoms with Gasteiger partial charge in [0.2, 0.25) is 5.79 Å². The van der Waals surface area contributed by atoms with Crippen LogP contribution >= 0.6 is 0 Å². The first-order valence-electron chi connectivity index (χ1n) is 9.18. The number of hydrogen-bond donors (Lipinski definition) is 2. The number of ether oxygens (including phenoxy) is 2. The molecule has 3 aliphatic rings. The van der Waals surface area contributed by atoms with Gasteiger partial charge in [-0.3, -0.25) is 0 Å². The van der Waals surface area contributed by atoms with Crippen LogP contribution in [0.15, 0.2) is 22.8 Å². The Morgan fingerprint density at radius 3 is 2.65 bits per heavy atom. The lowest BCUT2D eigenvalue weighted by atomic mass is 9.50. The zero-order valence-corrected chi connectivity index (χ0v) is 16.1. The zero-order chi connectivity index (χ0) is 19.5. The molecule has 0 amide bonds. The lowest BCUT2D eigenvalue weighted by Gasteiger charge is -2.59. The van der Waals surface area contributed by atoms with E-state index >= 15 is 0 Å². The van der Waals surface area contributed by atoms with Crippen LogP contribution in [0.4, 0.5) is 0 Å². The minimum atomic E-state index is -1.76. The molecule has 144 valence electrons. The summed E-state index contributed by atoms with van der Waals surface area (Å²) >= 11 is 0. The molecule has 5 atom stereocenters. The van der Waals surface area contributed by atoms with E-state index in [1.165, 1.54) is 0 Å². The van der Waals surface area contributed by atoms with Crippen molar-refractivity contribution in [2.24, 2.45) is 11.3 Å². The van der Waals surface area contributed by atoms with Crippen molar-refractivity contribution < 1.29 is 29.3 Å². The molecule has 26 heavy (non-hydrogen) atoms. The molecule has 3 rings (SSSR count). The van der Waals surface area contributed by atoms with Crippen molar-refractivity contribution in [2.75, 3.05) is 0 Å². The second-order valence-electron chi connectivity index (χ2n) is 8.42. The highest BCUT2D eigenvalue weighted by atomic mass is 16.7. The maximum atomic E-state index is 12.1. The van der Waals surface area contributed by atoms with Crippen molar-refractivity contribution in [1.82, 2.24) is 0 Å². The van der Waals surface area contributed by atoms with Gasteiger partial charge in [0, 0.05) is 35.0 Å². The van der Waals surface area contributed by atoms with Crippen LogP contribution in [0.5, 0.6) is 0 Å². The summed E-state index contributed by atoms with van der Waals surface area (Å²) in [6.45, 7) is 9.11. The van der Waals surface area contributed by atoms with E-state index in [-0.39, 0.29) is 18.8 Å². The lowest BCUT2D eigenvalue weighted by molar-refractivity contribution is -0.257. The molecular formula is C20H28O6. The number of esters is 2. The second kappa shape index (κ2) is 5.92. The number of carbonyl (C=O) groups excluding carboxylic acids is 2. The van der Waals surface area contributed by atoms with Crippen LogP contribution in [0.25, 0.3) is 0 Å². The second-order valence-corrected chi connectivity index (χ2v) is 8.42. The van der Waals surface area contributed by atoms with Gasteiger partial charge in [-0.25, -0.2) is 9.59 Å². The topological polar surface area (TPSA) is 93.1 Å². The molecule has 2 N–H and O–H groups in total. The van der Waals surface area contributed by atoms with Gasteiger partial charge in [0.05, 0.1) is 5.60 Å². The Hall–Kier alpha value is -1.66. The number of allylic oxidation sites excluding steroid dienone is 1. The van der Waals surface area contributed by atoms with E-state index < -0.39 is 34.8 Å². The molecule has 0 radical (unpaired) electrons. The molecule has 1 aliphatic heterocycles. The summed E-state index contributed by atoms with van der Waals surface area (Å²) in [6, 6.07) is 0. The van der Waals surface area contributed by atoms with Crippen LogP contribution in [0.1, 0.15) is 60.3 Å². The third-order valence-electron chi connectivity index (χ3n) is 6.93. The standard InChI is InChI=1S/C20H28O6/c1-6-11(2)16(21)25-14-7-12(3)18(5)9-15-13(4)17(22)26-20(15,24)10-19(18,23)8-14/h6,12,14,23-24H,7-10H2,1-5H3/t12-,14+,18+,19-,20-/m0/s1. The summed E-state index contributed by atoms with van der Waals surface area (Å²) in [7, 11) is 0. The highest BCUT2D eigenvalue weighted by Crippen LogP contribution is 2.61. The van der Waals surface area contributed by atoms with Crippen LogP contribution in [0.3, 0.4) is 0 Å². The lowest BCUT2D eigenvalue weighted by Crippen LogP contribution is -2.64. The van der Waals surface area contributed by atoms with Crippen LogP contribution in [0.2, 0.25) is 0 Å². The van der Waals surface area contributed by atoms with E-state index in [9.17, 15) is 19.8 Å². The third kappa shape index (κ3) is 2.62. The largest absolute Gasteiger partial charge is 0.459 e. The molecule has 0 bridgehead atoms. The molecule has 1 heterocycles. The molecule has 0 unspecified atom stereocenters. The first kappa shape index (κ1) is 19.1. The molecule has 0 aromatic carbocycles. The van der Waals surface area contributed by atoms with Crippen molar-refractivity contribution in [1.29, 1.82) is 0 Å². The fourth-order valence-corrected chi connectivity index (χ4v) is 4.76. The molecule has 6 heteroatoms. The highest BCUT2D eigenvalue weighted by Gasteiger charge is 2.65. The van der Waals surface area contributed by atoms with Crippen LogP contribution in [-0.2, 0) is 19.1 Å². The zero-order valence-electron chi connectivity index (χ0n) is 16.1. The molecule has 0 aromatic heterocycles. The number of carbonyl (C=O) groups is 2. The quantitative estimate of drug-likeness (QED) is 0.577. The van der Waals surface area contributed by atoms with E-state index in [4.69, 9.17) is 9.47 Å². The van der Waals surface area contributed by atoms with Crippen molar-refractivity contribution in [3.63, 3.8) is 0 Å². The van der Waals surface area contributed by atoms with Gasteiger partial charge in [-0.2, -0.15) is 0 Å². The Kier molecular flexibility index (Phi) is 4.36. The molecule has 0 saturated heterocycles. The normalized spacial score (nSPS) is 42.9. The van der Waals surface area contributed by atoms with Gasteiger partial charge in [-0.05, 0) is 39.5 Å². The summed E-state index contributed by atoms with van der Waals surface area (Å²) in [6.07, 6.45) is 2.36. The fraction of sp³-hybridized carbons (Fsp3) is 0.700. The van der Waals surface area contributed by atoms with E-state index in [0.717, 1.165) is 0 Å². The maximum Gasteiger partial charge on any atom is 0.336 e. The van der Waals surface area contributed by atoms with Gasteiger partial charge in [0.1, 0.15) is 6.10 Å². The van der Waals surface area contributed by atoms with Crippen LogP contribution < -0.4 is 0 Å². The average molecular weight is 364 g/mol. The van der Waals surface area contributed by atoms with Gasteiger partial charge in [0.25, 0.3) is 0 Å². The van der Waals surface area contributed by atoms with E-state index in [2.05, 4.69) is 0 Å². The van der Waals surface area contributed by atoms with Gasteiger partial charge >= 0.3 is 11.9 Å². The summed E-state index contributed by atoms with van der Waals surface area (Å²) < 4.78 is 10.8. The average Bonchev–Trinajstić information content (AvgIpc) is 2.75. The summed E-state index contributed by atoms with van der Waals surface area (Å²) in [5.74, 6) is -2.66. The van der Waals surface area contributed by atoms with Crippen molar-refractivity contribution in [3.05, 3.63) is 22.8 Å². The summed E-state index contributed by atoms with van der Waals surface area (Å²) in [5, 5.41) is 22.4. The monoisotopic (exact) mass is 364 g/mol. The van der Waals surface area contributed by atoms with Gasteiger partial charge in [0.15, 0.2) is 0 Å². The number of rotatable bonds is 2. The first-order valence-corrected chi connectivity index (χ1v) is 9.18. The van der Waals surface area contributed by atoms with Gasteiger partial charge < -0.3 is 19.7 Å². The van der Waals surface area contributed by atoms with Crippen LogP contribution in [-0.4, -0.2) is 39.6 Å². The Labute approximate surface area is 153 Å². The Morgan fingerprint density at radius 2 is 2.04 bits per heavy atom. The molecule has 2 saturated carbocycles. The van der Waals surface area contributed by atoms with E-state index in [0.29, 0.717) is 29.6 Å². The molecule has 2 aliphatic carbocycles. The Morgan fingerprint density at radius 1 is 1.38 bits per heavy atom. The molecule has 0 spiro atoms. The van der Waals surface area contributed by atoms with Gasteiger partial charge in [-0.1, -0.05) is 19.9 Å².